The van der Waals surface area contributed by atoms with Crippen molar-refractivity contribution < 1.29 is 4.79 Å². The van der Waals surface area contributed by atoms with Crippen molar-refractivity contribution in [1.29, 1.82) is 0 Å². The molecule has 6 nitrogen and oxygen atoms in total. The summed E-state index contributed by atoms with van der Waals surface area (Å²) in [5, 5.41) is 9.51. The number of nitrogens with one attached hydrogen (secondary N) is 2. The molecule has 1 amide bonds. The molecule has 0 aliphatic rings. The maximum Gasteiger partial charge on any atom is 0.267 e. The van der Waals surface area contributed by atoms with Crippen molar-refractivity contribution in [3.63, 3.8) is 0 Å². The number of rotatable bonds is 7. The van der Waals surface area contributed by atoms with Gasteiger partial charge in [0.2, 0.25) is 0 Å². The summed E-state index contributed by atoms with van der Waals surface area (Å²) in [5.74, 6) is 0.833. The number of nitrogens with zero attached hydrogens (tertiary/aromatic N) is 3. The van der Waals surface area contributed by atoms with E-state index in [0.717, 1.165) is 37.3 Å². The molecule has 102 valence electrons. The second-order valence-electron chi connectivity index (χ2n) is 4.38. The molecule has 0 saturated heterocycles. The van der Waals surface area contributed by atoms with Crippen LogP contribution in [-0.4, -0.2) is 32.2 Å². The number of hydrogen-bond donors (Lipinski definition) is 2. The van der Waals surface area contributed by atoms with E-state index < -0.39 is 0 Å². The van der Waals surface area contributed by atoms with Crippen molar-refractivity contribution >= 4 is 5.91 Å². The van der Waals surface area contributed by atoms with Crippen LogP contribution < -0.4 is 5.32 Å². The summed E-state index contributed by atoms with van der Waals surface area (Å²) in [7, 11) is 0. The van der Waals surface area contributed by atoms with E-state index in [-0.39, 0.29) is 5.91 Å². The van der Waals surface area contributed by atoms with Crippen molar-refractivity contribution in [2.24, 2.45) is 0 Å². The highest BCUT2D eigenvalue weighted by atomic mass is 16.1. The fourth-order valence-electron chi connectivity index (χ4n) is 1.96. The molecule has 0 bridgehead atoms. The Hall–Kier alpha value is -2.11. The zero-order chi connectivity index (χ0) is 13.5. The highest BCUT2D eigenvalue weighted by molar-refractivity contribution is 5.92. The summed E-state index contributed by atoms with van der Waals surface area (Å²) >= 11 is 0. The van der Waals surface area contributed by atoms with Crippen LogP contribution in [-0.2, 0) is 13.0 Å². The molecule has 0 aliphatic carbocycles. The summed E-state index contributed by atoms with van der Waals surface area (Å²) in [5.41, 5.74) is 0.724. The third-order valence-electron chi connectivity index (χ3n) is 2.87. The summed E-state index contributed by atoms with van der Waals surface area (Å²) in [6.45, 7) is 3.60. The normalized spacial score (nSPS) is 10.6. The fourth-order valence-corrected chi connectivity index (χ4v) is 1.96. The van der Waals surface area contributed by atoms with Gasteiger partial charge < -0.3 is 9.88 Å². The van der Waals surface area contributed by atoms with Gasteiger partial charge in [0, 0.05) is 25.7 Å². The van der Waals surface area contributed by atoms with E-state index in [0.29, 0.717) is 6.54 Å². The monoisotopic (exact) mass is 261 g/mol. The first-order chi connectivity index (χ1) is 9.31. The molecule has 2 aromatic heterocycles. The topological polar surface area (TPSA) is 75.6 Å². The lowest BCUT2D eigenvalue weighted by Gasteiger charge is -2.08. The standard InChI is InChI=1S/C13H19N5O/c1-2-8-18-9-4-5-11(18)13(19)14-7-3-6-12-15-10-16-17-12/h4-5,9-10H,2-3,6-8H2,1H3,(H,14,19)(H,15,16,17). The second kappa shape index (κ2) is 6.72. The molecule has 0 atom stereocenters. The lowest BCUT2D eigenvalue weighted by atomic mass is 10.3. The maximum absolute atomic E-state index is 12.0. The largest absolute Gasteiger partial charge is 0.351 e. The SMILES string of the molecule is CCCn1cccc1C(=O)NCCCc1ncn[nH]1. The highest BCUT2D eigenvalue weighted by Crippen LogP contribution is 2.03. The van der Waals surface area contributed by atoms with Crippen LogP contribution >= 0.6 is 0 Å². The Bertz CT molecular complexity index is 503. The Morgan fingerprint density at radius 2 is 2.42 bits per heavy atom. The van der Waals surface area contributed by atoms with Gasteiger partial charge in [0.05, 0.1) is 0 Å². The first kappa shape index (κ1) is 13.3. The Morgan fingerprint density at radius 1 is 1.53 bits per heavy atom. The van der Waals surface area contributed by atoms with E-state index in [1.54, 1.807) is 0 Å². The van der Waals surface area contributed by atoms with Gasteiger partial charge in [-0.25, -0.2) is 4.98 Å². The van der Waals surface area contributed by atoms with Gasteiger partial charge in [0.25, 0.3) is 5.91 Å². The van der Waals surface area contributed by atoms with Crippen LogP contribution in [0, 0.1) is 0 Å². The lowest BCUT2D eigenvalue weighted by Crippen LogP contribution is -2.27. The van der Waals surface area contributed by atoms with Crippen molar-refractivity contribution in [3.05, 3.63) is 36.2 Å². The summed E-state index contributed by atoms with van der Waals surface area (Å²) in [4.78, 5) is 16.0. The minimum Gasteiger partial charge on any atom is -0.351 e. The Labute approximate surface area is 112 Å². The molecule has 2 rings (SSSR count). The van der Waals surface area contributed by atoms with E-state index in [1.165, 1.54) is 6.33 Å². The maximum atomic E-state index is 12.0. The fraction of sp³-hybridized carbons (Fsp3) is 0.462. The van der Waals surface area contributed by atoms with Gasteiger partial charge in [-0.1, -0.05) is 6.92 Å². The third kappa shape index (κ3) is 3.67. The van der Waals surface area contributed by atoms with Gasteiger partial charge in [-0.15, -0.1) is 0 Å². The first-order valence-corrected chi connectivity index (χ1v) is 6.59. The average molecular weight is 261 g/mol. The molecule has 6 heteroatoms. The molecular weight excluding hydrogens is 242 g/mol. The highest BCUT2D eigenvalue weighted by Gasteiger charge is 2.09. The van der Waals surface area contributed by atoms with Gasteiger partial charge in [-0.3, -0.25) is 9.89 Å². The minimum atomic E-state index is -0.0176. The first-order valence-electron chi connectivity index (χ1n) is 6.59. The smallest absolute Gasteiger partial charge is 0.267 e. The van der Waals surface area contributed by atoms with Crippen LogP contribution in [0.3, 0.4) is 0 Å². The number of aryl methyl sites for hydroxylation is 2. The quantitative estimate of drug-likeness (QED) is 0.739. The number of amides is 1. The van der Waals surface area contributed by atoms with Gasteiger partial charge in [-0.05, 0) is 25.0 Å². The Morgan fingerprint density at radius 3 is 3.16 bits per heavy atom. The Balaban J connectivity index is 1.76. The van der Waals surface area contributed by atoms with Crippen LogP contribution in [0.25, 0.3) is 0 Å². The molecule has 0 saturated carbocycles. The molecule has 0 radical (unpaired) electrons. The van der Waals surface area contributed by atoms with E-state index >= 15 is 0 Å². The van der Waals surface area contributed by atoms with E-state index in [9.17, 15) is 4.79 Å². The molecule has 19 heavy (non-hydrogen) atoms. The van der Waals surface area contributed by atoms with Gasteiger partial charge in [0.1, 0.15) is 17.8 Å². The van der Waals surface area contributed by atoms with Crippen LogP contribution in [0.5, 0.6) is 0 Å². The number of aromatic nitrogens is 4. The number of hydrogen-bond acceptors (Lipinski definition) is 3. The molecule has 0 spiro atoms. The summed E-state index contributed by atoms with van der Waals surface area (Å²) in [6.07, 6.45) is 6.07. The number of carbonyl (C=O) groups excluding carboxylic acids is 1. The molecule has 0 aliphatic heterocycles. The van der Waals surface area contributed by atoms with Crippen molar-refractivity contribution in [2.45, 2.75) is 32.7 Å². The van der Waals surface area contributed by atoms with Crippen molar-refractivity contribution in [3.8, 4) is 0 Å². The minimum absolute atomic E-state index is 0.0176. The van der Waals surface area contributed by atoms with Crippen LogP contribution in [0.15, 0.2) is 24.7 Å². The predicted octanol–water partition coefficient (Wildman–Crippen LogP) is 1.38. The van der Waals surface area contributed by atoms with Gasteiger partial charge in [0.15, 0.2) is 0 Å². The Kier molecular flexibility index (Phi) is 4.72. The lowest BCUT2D eigenvalue weighted by molar-refractivity contribution is 0.0944. The second-order valence-corrected chi connectivity index (χ2v) is 4.38. The van der Waals surface area contributed by atoms with Crippen LogP contribution in [0.4, 0.5) is 0 Å². The predicted molar refractivity (Wildman–Crippen MR) is 71.8 cm³/mol. The van der Waals surface area contributed by atoms with Crippen molar-refractivity contribution in [2.75, 3.05) is 6.54 Å². The van der Waals surface area contributed by atoms with E-state index in [2.05, 4.69) is 27.4 Å². The van der Waals surface area contributed by atoms with Gasteiger partial charge >= 0.3 is 0 Å². The third-order valence-corrected chi connectivity index (χ3v) is 2.87. The van der Waals surface area contributed by atoms with E-state index in [1.807, 2.05) is 22.9 Å². The number of aromatic amines is 1. The molecular formula is C13H19N5O. The molecule has 0 aromatic carbocycles. The summed E-state index contributed by atoms with van der Waals surface area (Å²) < 4.78 is 1.98. The van der Waals surface area contributed by atoms with Crippen LogP contribution in [0.1, 0.15) is 36.1 Å². The van der Waals surface area contributed by atoms with E-state index in [4.69, 9.17) is 0 Å². The summed E-state index contributed by atoms with van der Waals surface area (Å²) in [6, 6.07) is 3.75. The van der Waals surface area contributed by atoms with Gasteiger partial charge in [-0.2, -0.15) is 5.10 Å². The number of H-pyrrole nitrogens is 1. The molecule has 2 aromatic rings. The van der Waals surface area contributed by atoms with Crippen LogP contribution in [0.2, 0.25) is 0 Å². The molecule has 2 N–H and O–H groups in total. The average Bonchev–Trinajstić information content (AvgIpc) is 3.05. The zero-order valence-electron chi connectivity index (χ0n) is 11.1. The molecule has 0 unspecified atom stereocenters. The zero-order valence-corrected chi connectivity index (χ0v) is 11.1. The number of carbonyl (C=O) groups is 1. The van der Waals surface area contributed by atoms with Crippen molar-refractivity contribution in [1.82, 2.24) is 25.1 Å². The molecule has 0 fully saturated rings. The molecule has 2 heterocycles.